The number of halogens is 1. The Bertz CT molecular complexity index is 698. The molecule has 2 N–H and O–H groups in total. The number of amides is 2. The van der Waals surface area contributed by atoms with Crippen LogP contribution in [0.5, 0.6) is 5.75 Å². The summed E-state index contributed by atoms with van der Waals surface area (Å²) in [4.78, 5) is 23.6. The first-order chi connectivity index (χ1) is 14.0. The van der Waals surface area contributed by atoms with Crippen LogP contribution in [0.2, 0.25) is 0 Å². The minimum absolute atomic E-state index is 0.0594. The highest BCUT2D eigenvalue weighted by atomic mass is 32.2. The number of hydrogen-bond acceptors (Lipinski definition) is 5. The van der Waals surface area contributed by atoms with E-state index < -0.39 is 0 Å². The first-order valence-electron chi connectivity index (χ1n) is 9.90. The summed E-state index contributed by atoms with van der Waals surface area (Å²) >= 11 is 1.59. The molecule has 2 amide bonds. The molecular formula is C21H30FN3O3S. The second-order valence-electron chi connectivity index (χ2n) is 7.02. The van der Waals surface area contributed by atoms with Crippen LogP contribution < -0.4 is 14.8 Å². The van der Waals surface area contributed by atoms with Crippen molar-refractivity contribution in [3.05, 3.63) is 41.7 Å². The summed E-state index contributed by atoms with van der Waals surface area (Å²) in [6.07, 6.45) is 7.75. The SMILES string of the molecule is CNC(=O)N(CC=O)C/C=C/CCSNC(C)c1ccc(F)c(OCC2CC2)c1. The topological polar surface area (TPSA) is 70.7 Å². The Kier molecular flexibility index (Phi) is 10.0. The van der Waals surface area contributed by atoms with Gasteiger partial charge in [0.15, 0.2) is 11.6 Å². The van der Waals surface area contributed by atoms with Crippen LogP contribution in [-0.4, -0.2) is 49.7 Å². The van der Waals surface area contributed by atoms with E-state index in [2.05, 4.69) is 10.0 Å². The van der Waals surface area contributed by atoms with Crippen molar-refractivity contribution in [3.63, 3.8) is 0 Å². The third-order valence-electron chi connectivity index (χ3n) is 4.56. The zero-order valence-corrected chi connectivity index (χ0v) is 17.8. The number of urea groups is 1. The van der Waals surface area contributed by atoms with E-state index in [9.17, 15) is 14.0 Å². The number of rotatable bonds is 13. The molecule has 0 radical (unpaired) electrons. The van der Waals surface area contributed by atoms with E-state index >= 15 is 0 Å². The standard InChI is InChI=1S/C21H30FN3O3S/c1-16(18-8-9-19(22)20(14-18)28-15-17-6-7-17)24-29-13-5-3-4-10-25(11-12-26)21(27)23-2/h3-4,8-9,12,14,16-17,24H,5-7,10-11,13,15H2,1-2H3,(H,23,27)/b4-3+. The molecule has 1 fully saturated rings. The van der Waals surface area contributed by atoms with E-state index in [4.69, 9.17) is 4.74 Å². The zero-order valence-electron chi connectivity index (χ0n) is 17.0. The fourth-order valence-electron chi connectivity index (χ4n) is 2.58. The summed E-state index contributed by atoms with van der Waals surface area (Å²) in [6, 6.07) is 4.80. The monoisotopic (exact) mass is 423 g/mol. The van der Waals surface area contributed by atoms with Gasteiger partial charge in [-0.05, 0) is 49.8 Å². The highest BCUT2D eigenvalue weighted by molar-refractivity contribution is 7.97. The molecular weight excluding hydrogens is 393 g/mol. The number of carbonyl (C=O) groups is 2. The number of benzene rings is 1. The molecule has 0 aromatic heterocycles. The molecule has 8 heteroatoms. The Labute approximate surface area is 176 Å². The fourth-order valence-corrected chi connectivity index (χ4v) is 3.34. The van der Waals surface area contributed by atoms with Gasteiger partial charge < -0.3 is 19.7 Å². The summed E-state index contributed by atoms with van der Waals surface area (Å²) in [5.41, 5.74) is 0.982. The largest absolute Gasteiger partial charge is 0.490 e. The molecule has 0 bridgehead atoms. The first kappa shape index (κ1) is 23.2. The summed E-state index contributed by atoms with van der Waals surface area (Å²) in [6.45, 7) is 3.09. The molecule has 0 aliphatic heterocycles. The molecule has 2 rings (SSSR count). The lowest BCUT2D eigenvalue weighted by atomic mass is 10.1. The highest BCUT2D eigenvalue weighted by Crippen LogP contribution is 2.31. The van der Waals surface area contributed by atoms with Crippen LogP contribution in [-0.2, 0) is 4.79 Å². The number of carbonyl (C=O) groups excluding carboxylic acids is 2. The minimum Gasteiger partial charge on any atom is -0.490 e. The lowest BCUT2D eigenvalue weighted by Crippen LogP contribution is -2.39. The lowest BCUT2D eigenvalue weighted by Gasteiger charge is -2.17. The van der Waals surface area contributed by atoms with Crippen molar-refractivity contribution in [1.29, 1.82) is 0 Å². The molecule has 29 heavy (non-hydrogen) atoms. The molecule has 6 nitrogen and oxygen atoms in total. The van der Waals surface area contributed by atoms with Gasteiger partial charge >= 0.3 is 6.03 Å². The van der Waals surface area contributed by atoms with Crippen molar-refractivity contribution in [2.45, 2.75) is 32.2 Å². The van der Waals surface area contributed by atoms with Crippen LogP contribution >= 0.6 is 11.9 Å². The Morgan fingerprint density at radius 2 is 2.17 bits per heavy atom. The average Bonchev–Trinajstić information content (AvgIpc) is 3.55. The Balaban J connectivity index is 1.68. The molecule has 0 saturated heterocycles. The third-order valence-corrected chi connectivity index (χ3v) is 5.52. The lowest BCUT2D eigenvalue weighted by molar-refractivity contribution is -0.108. The number of nitrogens with zero attached hydrogens (tertiary/aromatic N) is 1. The second-order valence-corrected chi connectivity index (χ2v) is 7.95. The quantitative estimate of drug-likeness (QED) is 0.219. The van der Waals surface area contributed by atoms with Crippen LogP contribution in [0, 0.1) is 11.7 Å². The fraction of sp³-hybridized carbons (Fsp3) is 0.524. The van der Waals surface area contributed by atoms with Crippen LogP contribution in [0.25, 0.3) is 0 Å². The maximum atomic E-state index is 13.9. The van der Waals surface area contributed by atoms with E-state index in [0.717, 1.165) is 17.7 Å². The molecule has 160 valence electrons. The molecule has 1 aromatic rings. The van der Waals surface area contributed by atoms with Crippen molar-refractivity contribution in [2.24, 2.45) is 5.92 Å². The number of allylic oxidation sites excluding steroid dienone is 1. The van der Waals surface area contributed by atoms with Crippen molar-refractivity contribution in [2.75, 3.05) is 32.5 Å². The maximum absolute atomic E-state index is 13.9. The van der Waals surface area contributed by atoms with E-state index in [1.165, 1.54) is 30.9 Å². The minimum atomic E-state index is -0.320. The van der Waals surface area contributed by atoms with Crippen LogP contribution in [0.3, 0.4) is 0 Å². The number of aldehydes is 1. The van der Waals surface area contributed by atoms with Gasteiger partial charge in [0.2, 0.25) is 0 Å². The maximum Gasteiger partial charge on any atom is 0.317 e. The zero-order chi connectivity index (χ0) is 21.1. The number of nitrogens with one attached hydrogen (secondary N) is 2. The normalized spacial score (nSPS) is 14.6. The summed E-state index contributed by atoms with van der Waals surface area (Å²) in [5.74, 6) is 1.44. The van der Waals surface area contributed by atoms with E-state index in [0.29, 0.717) is 31.1 Å². The molecule has 1 aliphatic carbocycles. The third kappa shape index (κ3) is 8.45. The van der Waals surface area contributed by atoms with Gasteiger partial charge in [-0.2, -0.15) is 0 Å². The van der Waals surface area contributed by atoms with E-state index in [-0.39, 0.29) is 24.4 Å². The van der Waals surface area contributed by atoms with Gasteiger partial charge in [-0.1, -0.05) is 30.2 Å². The highest BCUT2D eigenvalue weighted by Gasteiger charge is 2.22. The van der Waals surface area contributed by atoms with Crippen LogP contribution in [0.15, 0.2) is 30.4 Å². The molecule has 1 unspecified atom stereocenters. The van der Waals surface area contributed by atoms with Gasteiger partial charge in [0.25, 0.3) is 0 Å². The molecule has 1 aromatic carbocycles. The second kappa shape index (κ2) is 12.5. The Morgan fingerprint density at radius 3 is 2.86 bits per heavy atom. The molecule has 1 atom stereocenters. The predicted molar refractivity (Wildman–Crippen MR) is 114 cm³/mol. The Hall–Kier alpha value is -2.06. The van der Waals surface area contributed by atoms with Crippen LogP contribution in [0.1, 0.15) is 37.8 Å². The van der Waals surface area contributed by atoms with Gasteiger partial charge in [-0.15, -0.1) is 0 Å². The van der Waals surface area contributed by atoms with Crippen LogP contribution in [0.4, 0.5) is 9.18 Å². The average molecular weight is 424 g/mol. The van der Waals surface area contributed by atoms with E-state index in [1.54, 1.807) is 24.1 Å². The molecule has 1 aliphatic rings. The van der Waals surface area contributed by atoms with Gasteiger partial charge in [0, 0.05) is 25.4 Å². The predicted octanol–water partition coefficient (Wildman–Crippen LogP) is 3.70. The molecule has 1 saturated carbocycles. The molecule has 0 heterocycles. The number of ether oxygens (including phenoxy) is 1. The van der Waals surface area contributed by atoms with Gasteiger partial charge in [-0.3, -0.25) is 4.72 Å². The van der Waals surface area contributed by atoms with E-state index in [1.807, 2.05) is 19.1 Å². The smallest absolute Gasteiger partial charge is 0.317 e. The summed E-state index contributed by atoms with van der Waals surface area (Å²) in [5, 5.41) is 2.51. The van der Waals surface area contributed by atoms with Crippen molar-refractivity contribution >= 4 is 24.3 Å². The van der Waals surface area contributed by atoms with Crippen molar-refractivity contribution in [3.8, 4) is 5.75 Å². The number of hydrogen-bond donors (Lipinski definition) is 2. The van der Waals surface area contributed by atoms with Crippen molar-refractivity contribution < 1.29 is 18.7 Å². The summed E-state index contributed by atoms with van der Waals surface area (Å²) in [7, 11) is 1.54. The van der Waals surface area contributed by atoms with Crippen molar-refractivity contribution in [1.82, 2.24) is 14.9 Å². The van der Waals surface area contributed by atoms with Gasteiger partial charge in [0.05, 0.1) is 13.2 Å². The first-order valence-corrected chi connectivity index (χ1v) is 10.9. The van der Waals surface area contributed by atoms with Gasteiger partial charge in [-0.25, -0.2) is 9.18 Å². The molecule has 0 spiro atoms. The van der Waals surface area contributed by atoms with Gasteiger partial charge in [0.1, 0.15) is 6.29 Å². The Morgan fingerprint density at radius 1 is 1.38 bits per heavy atom. The summed E-state index contributed by atoms with van der Waals surface area (Å²) < 4.78 is 22.9.